The van der Waals surface area contributed by atoms with Gasteiger partial charge < -0.3 is 20.9 Å². The Morgan fingerprint density at radius 3 is 2.78 bits per heavy atom. The number of hydrogen-bond acceptors (Lipinski definition) is 4. The molecule has 1 aliphatic carbocycles. The van der Waals surface area contributed by atoms with E-state index in [1.54, 1.807) is 12.1 Å². The lowest BCUT2D eigenvalue weighted by Gasteiger charge is -2.37. The molecule has 2 rings (SSSR count). The Balaban J connectivity index is 1.96. The monoisotopic (exact) mass is 250 g/mol. The number of ether oxygens (including phenoxy) is 1. The highest BCUT2D eigenvalue weighted by Crippen LogP contribution is 2.33. The highest BCUT2D eigenvalue weighted by Gasteiger charge is 2.34. The van der Waals surface area contributed by atoms with Crippen molar-refractivity contribution >= 4 is 11.6 Å². The number of phenolic OH excluding ortho intramolecular Hbond substituents is 1. The number of carbonyl (C=O) groups excluding carboxylic acids is 1. The Hall–Kier alpha value is -1.75. The first-order valence-corrected chi connectivity index (χ1v) is 5.98. The molecule has 1 aliphatic rings. The quantitative estimate of drug-likeness (QED) is 0.758. The second kappa shape index (κ2) is 4.86. The first-order valence-electron chi connectivity index (χ1n) is 5.98. The molecule has 1 amide bonds. The van der Waals surface area contributed by atoms with Crippen molar-refractivity contribution in [2.75, 3.05) is 12.4 Å². The van der Waals surface area contributed by atoms with Gasteiger partial charge in [0.25, 0.3) is 0 Å². The van der Waals surface area contributed by atoms with Crippen LogP contribution >= 0.6 is 0 Å². The summed E-state index contributed by atoms with van der Waals surface area (Å²) < 4.78 is 4.93. The van der Waals surface area contributed by atoms with E-state index in [0.717, 1.165) is 19.3 Å². The number of amides is 1. The van der Waals surface area contributed by atoms with Crippen LogP contribution < -0.4 is 15.8 Å². The van der Waals surface area contributed by atoms with Gasteiger partial charge in [-0.05, 0) is 31.4 Å². The van der Waals surface area contributed by atoms with E-state index in [2.05, 4.69) is 5.32 Å². The first-order chi connectivity index (χ1) is 8.52. The van der Waals surface area contributed by atoms with Crippen molar-refractivity contribution in [2.45, 2.75) is 31.2 Å². The molecule has 1 saturated carbocycles. The van der Waals surface area contributed by atoms with Gasteiger partial charge in [0.05, 0.1) is 7.11 Å². The Morgan fingerprint density at radius 1 is 1.56 bits per heavy atom. The molecular weight excluding hydrogens is 232 g/mol. The smallest absolute Gasteiger partial charge is 0.226 e. The maximum atomic E-state index is 11.8. The molecule has 18 heavy (non-hydrogen) atoms. The van der Waals surface area contributed by atoms with E-state index in [-0.39, 0.29) is 17.2 Å². The summed E-state index contributed by atoms with van der Waals surface area (Å²) >= 11 is 0. The summed E-state index contributed by atoms with van der Waals surface area (Å²) in [6.45, 7) is 0. The fourth-order valence-corrected chi connectivity index (χ4v) is 2.10. The number of benzene rings is 1. The van der Waals surface area contributed by atoms with Gasteiger partial charge in [0.15, 0.2) is 11.5 Å². The molecule has 0 saturated heterocycles. The van der Waals surface area contributed by atoms with Crippen molar-refractivity contribution in [3.63, 3.8) is 0 Å². The SMILES string of the molecule is COc1ccc(NC(=O)CC2(N)CCC2)cc1O. The van der Waals surface area contributed by atoms with Crippen LogP contribution in [0.5, 0.6) is 11.5 Å². The number of nitrogens with one attached hydrogen (secondary N) is 1. The molecule has 1 fully saturated rings. The molecule has 1 aromatic rings. The van der Waals surface area contributed by atoms with Crippen molar-refractivity contribution < 1.29 is 14.6 Å². The van der Waals surface area contributed by atoms with Crippen molar-refractivity contribution in [1.29, 1.82) is 0 Å². The molecule has 1 aromatic carbocycles. The van der Waals surface area contributed by atoms with Crippen LogP contribution in [0.3, 0.4) is 0 Å². The molecule has 5 nitrogen and oxygen atoms in total. The van der Waals surface area contributed by atoms with Crippen LogP contribution in [-0.4, -0.2) is 23.7 Å². The van der Waals surface area contributed by atoms with E-state index in [9.17, 15) is 9.90 Å². The molecule has 0 bridgehead atoms. The lowest BCUT2D eigenvalue weighted by molar-refractivity contribution is -0.118. The van der Waals surface area contributed by atoms with E-state index >= 15 is 0 Å². The predicted octanol–water partition coefficient (Wildman–Crippen LogP) is 1.61. The largest absolute Gasteiger partial charge is 0.504 e. The molecule has 0 unspecified atom stereocenters. The number of hydrogen-bond donors (Lipinski definition) is 3. The summed E-state index contributed by atoms with van der Waals surface area (Å²) in [5, 5.41) is 12.3. The molecule has 0 spiro atoms. The van der Waals surface area contributed by atoms with Crippen LogP contribution in [0.15, 0.2) is 18.2 Å². The zero-order chi connectivity index (χ0) is 13.2. The van der Waals surface area contributed by atoms with Gasteiger partial charge in [0.2, 0.25) is 5.91 Å². The van der Waals surface area contributed by atoms with Crippen molar-refractivity contribution in [3.8, 4) is 11.5 Å². The number of phenols is 1. The Labute approximate surface area is 106 Å². The molecule has 98 valence electrons. The van der Waals surface area contributed by atoms with Crippen LogP contribution in [0.2, 0.25) is 0 Å². The van der Waals surface area contributed by atoms with Crippen LogP contribution in [0, 0.1) is 0 Å². The van der Waals surface area contributed by atoms with Gasteiger partial charge in [-0.25, -0.2) is 0 Å². The number of rotatable bonds is 4. The second-order valence-electron chi connectivity index (χ2n) is 4.83. The number of nitrogens with two attached hydrogens (primary N) is 1. The van der Waals surface area contributed by atoms with E-state index in [4.69, 9.17) is 10.5 Å². The molecule has 4 N–H and O–H groups in total. The summed E-state index contributed by atoms with van der Waals surface area (Å²) in [5.41, 5.74) is 6.21. The van der Waals surface area contributed by atoms with Gasteiger partial charge in [-0.1, -0.05) is 0 Å². The average molecular weight is 250 g/mol. The summed E-state index contributed by atoms with van der Waals surface area (Å²) in [5.74, 6) is 0.255. The van der Waals surface area contributed by atoms with Crippen LogP contribution in [0.25, 0.3) is 0 Å². The van der Waals surface area contributed by atoms with Crippen molar-refractivity contribution in [3.05, 3.63) is 18.2 Å². The fourth-order valence-electron chi connectivity index (χ4n) is 2.10. The molecule has 0 aliphatic heterocycles. The lowest BCUT2D eigenvalue weighted by Crippen LogP contribution is -2.48. The number of methoxy groups -OCH3 is 1. The summed E-state index contributed by atoms with van der Waals surface area (Å²) in [7, 11) is 1.47. The highest BCUT2D eigenvalue weighted by atomic mass is 16.5. The van der Waals surface area contributed by atoms with Crippen LogP contribution in [0.1, 0.15) is 25.7 Å². The second-order valence-corrected chi connectivity index (χ2v) is 4.83. The third kappa shape index (κ3) is 2.73. The Morgan fingerprint density at radius 2 is 2.28 bits per heavy atom. The van der Waals surface area contributed by atoms with Gasteiger partial charge in [0.1, 0.15) is 0 Å². The van der Waals surface area contributed by atoms with E-state index in [1.165, 1.54) is 13.2 Å². The molecule has 0 aromatic heterocycles. The number of aromatic hydroxyl groups is 1. The first kappa shape index (κ1) is 12.7. The van der Waals surface area contributed by atoms with Crippen LogP contribution in [0.4, 0.5) is 5.69 Å². The van der Waals surface area contributed by atoms with E-state index in [1.807, 2.05) is 0 Å². The van der Waals surface area contributed by atoms with Crippen molar-refractivity contribution in [1.82, 2.24) is 0 Å². The highest BCUT2D eigenvalue weighted by molar-refractivity contribution is 5.91. The van der Waals surface area contributed by atoms with E-state index in [0.29, 0.717) is 17.9 Å². The molecule has 0 heterocycles. The van der Waals surface area contributed by atoms with Gasteiger partial charge in [-0.3, -0.25) is 4.79 Å². The minimum Gasteiger partial charge on any atom is -0.504 e. The average Bonchev–Trinajstić information content (AvgIpc) is 2.27. The minimum atomic E-state index is -0.335. The lowest BCUT2D eigenvalue weighted by atomic mass is 9.75. The third-order valence-electron chi connectivity index (χ3n) is 3.32. The van der Waals surface area contributed by atoms with Crippen molar-refractivity contribution in [2.24, 2.45) is 5.73 Å². The summed E-state index contributed by atoms with van der Waals surface area (Å²) in [6, 6.07) is 4.74. The molecule has 5 heteroatoms. The molecule has 0 radical (unpaired) electrons. The topological polar surface area (TPSA) is 84.6 Å². The zero-order valence-corrected chi connectivity index (χ0v) is 10.4. The standard InChI is InChI=1S/C13H18N2O3/c1-18-11-4-3-9(7-10(11)16)15-12(17)8-13(14)5-2-6-13/h3-4,7,16H,2,5-6,8,14H2,1H3,(H,15,17). The number of anilines is 1. The zero-order valence-electron chi connectivity index (χ0n) is 10.4. The molecular formula is C13H18N2O3. The maximum Gasteiger partial charge on any atom is 0.226 e. The summed E-state index contributed by atoms with van der Waals surface area (Å²) in [4.78, 5) is 11.8. The maximum absolute atomic E-state index is 11.8. The van der Waals surface area contributed by atoms with Gasteiger partial charge in [-0.15, -0.1) is 0 Å². The predicted molar refractivity (Wildman–Crippen MR) is 68.7 cm³/mol. The molecule has 0 atom stereocenters. The normalized spacial score (nSPS) is 16.8. The van der Waals surface area contributed by atoms with Crippen LogP contribution in [-0.2, 0) is 4.79 Å². The summed E-state index contributed by atoms with van der Waals surface area (Å²) in [6.07, 6.45) is 3.20. The van der Waals surface area contributed by atoms with E-state index < -0.39 is 0 Å². The van der Waals surface area contributed by atoms with Gasteiger partial charge >= 0.3 is 0 Å². The third-order valence-corrected chi connectivity index (χ3v) is 3.32. The Kier molecular flexibility index (Phi) is 3.43. The Bertz CT molecular complexity index is 456. The minimum absolute atomic E-state index is 0.00130. The van der Waals surface area contributed by atoms with Gasteiger partial charge in [0, 0.05) is 23.7 Å². The number of carbonyl (C=O) groups is 1. The fraction of sp³-hybridized carbons (Fsp3) is 0.462. The van der Waals surface area contributed by atoms with Gasteiger partial charge in [-0.2, -0.15) is 0 Å².